The lowest BCUT2D eigenvalue weighted by molar-refractivity contribution is -0.166. The molecule has 5 nitrogen and oxygen atoms in total. The number of carbonyl (C=O) groups is 2. The average Bonchev–Trinajstić information content (AvgIpc) is 2.65. The molecule has 1 fully saturated rings. The second-order valence-electron chi connectivity index (χ2n) is 5.37. The van der Waals surface area contributed by atoms with E-state index in [9.17, 15) is 9.59 Å². The van der Waals surface area contributed by atoms with Crippen LogP contribution in [0.25, 0.3) is 0 Å². The molecule has 0 aromatic heterocycles. The van der Waals surface area contributed by atoms with Crippen molar-refractivity contribution < 1.29 is 19.1 Å². The van der Waals surface area contributed by atoms with Gasteiger partial charge in [0.2, 0.25) is 0 Å². The van der Waals surface area contributed by atoms with Crippen LogP contribution in [0.2, 0.25) is 0 Å². The molecule has 1 saturated heterocycles. The number of nitrogens with one attached hydrogen (secondary N) is 1. The Kier molecular flexibility index (Phi) is 4.14. The Morgan fingerprint density at radius 3 is 2.41 bits per heavy atom. The summed E-state index contributed by atoms with van der Waals surface area (Å²) in [5, 5.41) is 3.08. The number of ether oxygens (including phenoxy) is 2. The Hall–Kier alpha value is -1.10. The van der Waals surface area contributed by atoms with Crippen molar-refractivity contribution in [3.05, 3.63) is 0 Å². The van der Waals surface area contributed by atoms with E-state index < -0.39 is 17.1 Å². The molecule has 0 bridgehead atoms. The SMILES string of the molecule is COC(=O)C[C@]1(C(=O)OC(C)(C)C)CCCN1. The Morgan fingerprint density at radius 1 is 1.35 bits per heavy atom. The van der Waals surface area contributed by atoms with E-state index >= 15 is 0 Å². The van der Waals surface area contributed by atoms with Crippen LogP contribution in [0.3, 0.4) is 0 Å². The van der Waals surface area contributed by atoms with Crippen LogP contribution in [-0.4, -0.2) is 36.7 Å². The Morgan fingerprint density at radius 2 is 2.00 bits per heavy atom. The van der Waals surface area contributed by atoms with Gasteiger partial charge in [0.1, 0.15) is 11.1 Å². The monoisotopic (exact) mass is 243 g/mol. The Bertz CT molecular complexity index is 300. The lowest BCUT2D eigenvalue weighted by Crippen LogP contribution is -2.52. The number of rotatable bonds is 3. The maximum absolute atomic E-state index is 12.1. The van der Waals surface area contributed by atoms with Gasteiger partial charge in [0.25, 0.3) is 0 Å². The third-order valence-electron chi connectivity index (χ3n) is 2.71. The van der Waals surface area contributed by atoms with Gasteiger partial charge in [-0.25, -0.2) is 0 Å². The van der Waals surface area contributed by atoms with Gasteiger partial charge >= 0.3 is 11.9 Å². The molecule has 1 N–H and O–H groups in total. The molecule has 0 aliphatic carbocycles. The lowest BCUT2D eigenvalue weighted by Gasteiger charge is -2.30. The minimum absolute atomic E-state index is 0.0262. The molecular weight excluding hydrogens is 222 g/mol. The zero-order valence-corrected chi connectivity index (χ0v) is 11.0. The summed E-state index contributed by atoms with van der Waals surface area (Å²) >= 11 is 0. The molecule has 5 heteroatoms. The van der Waals surface area contributed by atoms with Crippen molar-refractivity contribution >= 4 is 11.9 Å². The van der Waals surface area contributed by atoms with Gasteiger partial charge in [-0.1, -0.05) is 0 Å². The fraction of sp³-hybridized carbons (Fsp3) is 0.833. The maximum Gasteiger partial charge on any atom is 0.327 e. The molecule has 0 amide bonds. The van der Waals surface area contributed by atoms with E-state index in [1.807, 2.05) is 20.8 Å². The number of hydrogen-bond donors (Lipinski definition) is 1. The summed E-state index contributed by atoms with van der Waals surface area (Å²) in [6.45, 7) is 6.15. The van der Waals surface area contributed by atoms with Crippen molar-refractivity contribution in [2.75, 3.05) is 13.7 Å². The minimum atomic E-state index is -0.902. The number of carbonyl (C=O) groups excluding carboxylic acids is 2. The normalized spacial score (nSPS) is 24.5. The second-order valence-corrected chi connectivity index (χ2v) is 5.37. The lowest BCUT2D eigenvalue weighted by atomic mass is 9.93. The number of methoxy groups -OCH3 is 1. The Balaban J connectivity index is 2.77. The van der Waals surface area contributed by atoms with Gasteiger partial charge in [-0.3, -0.25) is 9.59 Å². The van der Waals surface area contributed by atoms with Crippen molar-refractivity contribution in [3.63, 3.8) is 0 Å². The second kappa shape index (κ2) is 5.04. The zero-order chi connectivity index (χ0) is 13.1. The summed E-state index contributed by atoms with van der Waals surface area (Å²) in [6.07, 6.45) is 1.49. The molecule has 0 aromatic carbocycles. The largest absolute Gasteiger partial charge is 0.469 e. The molecule has 98 valence electrons. The first-order valence-electron chi connectivity index (χ1n) is 5.84. The van der Waals surface area contributed by atoms with Crippen LogP contribution >= 0.6 is 0 Å². The highest BCUT2D eigenvalue weighted by Gasteiger charge is 2.45. The van der Waals surface area contributed by atoms with Crippen molar-refractivity contribution in [1.82, 2.24) is 5.32 Å². The van der Waals surface area contributed by atoms with Gasteiger partial charge in [0.15, 0.2) is 0 Å². The third kappa shape index (κ3) is 3.70. The van der Waals surface area contributed by atoms with Crippen LogP contribution in [0, 0.1) is 0 Å². The number of esters is 2. The van der Waals surface area contributed by atoms with Gasteiger partial charge in [0, 0.05) is 0 Å². The van der Waals surface area contributed by atoms with Gasteiger partial charge in [-0.15, -0.1) is 0 Å². The zero-order valence-electron chi connectivity index (χ0n) is 11.0. The van der Waals surface area contributed by atoms with E-state index in [1.165, 1.54) is 7.11 Å². The molecule has 0 aromatic rings. The molecule has 1 aliphatic rings. The van der Waals surface area contributed by atoms with Crippen molar-refractivity contribution in [2.24, 2.45) is 0 Å². The first-order chi connectivity index (χ1) is 7.79. The van der Waals surface area contributed by atoms with Crippen LogP contribution in [-0.2, 0) is 19.1 Å². The molecule has 0 unspecified atom stereocenters. The fourth-order valence-corrected chi connectivity index (χ4v) is 1.90. The average molecular weight is 243 g/mol. The topological polar surface area (TPSA) is 64.6 Å². The van der Waals surface area contributed by atoms with Gasteiger partial charge < -0.3 is 14.8 Å². The van der Waals surface area contributed by atoms with Crippen molar-refractivity contribution in [3.8, 4) is 0 Å². The molecule has 1 rings (SSSR count). The van der Waals surface area contributed by atoms with Crippen LogP contribution in [0.15, 0.2) is 0 Å². The van der Waals surface area contributed by atoms with Crippen molar-refractivity contribution in [2.45, 2.75) is 51.2 Å². The number of hydrogen-bond acceptors (Lipinski definition) is 5. The molecule has 0 saturated carbocycles. The van der Waals surface area contributed by atoms with Gasteiger partial charge in [0.05, 0.1) is 13.5 Å². The van der Waals surface area contributed by atoms with E-state index in [-0.39, 0.29) is 12.4 Å². The van der Waals surface area contributed by atoms with Gasteiger partial charge in [-0.2, -0.15) is 0 Å². The quantitative estimate of drug-likeness (QED) is 0.749. The molecule has 0 spiro atoms. The highest BCUT2D eigenvalue weighted by Crippen LogP contribution is 2.27. The highest BCUT2D eigenvalue weighted by atomic mass is 16.6. The fourth-order valence-electron chi connectivity index (χ4n) is 1.90. The predicted molar refractivity (Wildman–Crippen MR) is 62.4 cm³/mol. The summed E-state index contributed by atoms with van der Waals surface area (Å²) in [6, 6.07) is 0. The molecule has 0 radical (unpaired) electrons. The summed E-state index contributed by atoms with van der Waals surface area (Å²) in [5.41, 5.74) is -1.45. The van der Waals surface area contributed by atoms with Crippen LogP contribution in [0.5, 0.6) is 0 Å². The summed E-state index contributed by atoms with van der Waals surface area (Å²) in [5.74, 6) is -0.766. The standard InChI is InChI=1S/C12H21NO4/c1-11(2,3)17-10(15)12(6-5-7-13-12)8-9(14)16-4/h13H,5-8H2,1-4H3/t12-/m0/s1. The smallest absolute Gasteiger partial charge is 0.327 e. The molecule has 1 atom stereocenters. The third-order valence-corrected chi connectivity index (χ3v) is 2.71. The van der Waals surface area contributed by atoms with Crippen molar-refractivity contribution in [1.29, 1.82) is 0 Å². The van der Waals surface area contributed by atoms with Crippen LogP contribution in [0.1, 0.15) is 40.0 Å². The highest BCUT2D eigenvalue weighted by molar-refractivity contribution is 5.87. The van der Waals surface area contributed by atoms with Crippen LogP contribution in [0.4, 0.5) is 0 Å². The first kappa shape index (κ1) is 14.0. The first-order valence-corrected chi connectivity index (χ1v) is 5.84. The molecular formula is C12H21NO4. The molecule has 17 heavy (non-hydrogen) atoms. The minimum Gasteiger partial charge on any atom is -0.469 e. The van der Waals surface area contributed by atoms with E-state index in [1.54, 1.807) is 0 Å². The van der Waals surface area contributed by atoms with E-state index in [0.717, 1.165) is 13.0 Å². The van der Waals surface area contributed by atoms with E-state index in [2.05, 4.69) is 10.1 Å². The summed E-state index contributed by atoms with van der Waals surface area (Å²) in [4.78, 5) is 23.5. The van der Waals surface area contributed by atoms with Gasteiger partial charge in [-0.05, 0) is 40.2 Å². The molecule has 1 heterocycles. The van der Waals surface area contributed by atoms with Crippen LogP contribution < -0.4 is 5.32 Å². The predicted octanol–water partition coefficient (Wildman–Crippen LogP) is 1.01. The maximum atomic E-state index is 12.1. The van der Waals surface area contributed by atoms with E-state index in [0.29, 0.717) is 6.42 Å². The molecule has 1 aliphatic heterocycles. The van der Waals surface area contributed by atoms with E-state index in [4.69, 9.17) is 4.74 Å². The summed E-state index contributed by atoms with van der Waals surface area (Å²) < 4.78 is 9.99. The summed E-state index contributed by atoms with van der Waals surface area (Å²) in [7, 11) is 1.32. The Labute approximate surface area is 102 Å².